The second-order valence-electron chi connectivity index (χ2n) is 6.45. The van der Waals surface area contributed by atoms with E-state index in [1.807, 2.05) is 18.2 Å². The van der Waals surface area contributed by atoms with Gasteiger partial charge in [0, 0.05) is 30.6 Å². The van der Waals surface area contributed by atoms with Gasteiger partial charge in [0.1, 0.15) is 6.61 Å². The van der Waals surface area contributed by atoms with Crippen molar-refractivity contribution in [3.63, 3.8) is 0 Å². The van der Waals surface area contributed by atoms with Crippen LogP contribution in [0.25, 0.3) is 0 Å². The first-order valence-electron chi connectivity index (χ1n) is 8.79. The summed E-state index contributed by atoms with van der Waals surface area (Å²) in [5, 5.41) is 2.89. The number of anilines is 2. The SMILES string of the molecule is COCC(=O)N1CCCc2ccc(NC(=O)c3ccc4c(c3)OCO4)cc21. The third kappa shape index (κ3) is 3.46. The lowest BCUT2D eigenvalue weighted by molar-refractivity contribution is -0.122. The lowest BCUT2D eigenvalue weighted by Crippen LogP contribution is -2.37. The summed E-state index contributed by atoms with van der Waals surface area (Å²) in [6.45, 7) is 0.846. The fraction of sp³-hybridized carbons (Fsp3) is 0.300. The molecule has 7 nitrogen and oxygen atoms in total. The fourth-order valence-corrected chi connectivity index (χ4v) is 3.35. The number of carbonyl (C=O) groups excluding carboxylic acids is 2. The molecule has 0 aliphatic carbocycles. The van der Waals surface area contributed by atoms with E-state index in [9.17, 15) is 9.59 Å². The zero-order valence-electron chi connectivity index (χ0n) is 15.0. The zero-order valence-corrected chi connectivity index (χ0v) is 15.0. The monoisotopic (exact) mass is 368 g/mol. The average Bonchev–Trinajstić information content (AvgIpc) is 3.15. The molecule has 2 aliphatic rings. The van der Waals surface area contributed by atoms with Crippen LogP contribution in [0.4, 0.5) is 11.4 Å². The van der Waals surface area contributed by atoms with Gasteiger partial charge in [-0.2, -0.15) is 0 Å². The molecule has 0 bridgehead atoms. The van der Waals surface area contributed by atoms with Gasteiger partial charge in [0.25, 0.3) is 11.8 Å². The highest BCUT2D eigenvalue weighted by Gasteiger charge is 2.23. The van der Waals surface area contributed by atoms with E-state index in [1.54, 1.807) is 23.1 Å². The number of benzene rings is 2. The van der Waals surface area contributed by atoms with Gasteiger partial charge in [-0.3, -0.25) is 9.59 Å². The van der Waals surface area contributed by atoms with Crippen LogP contribution in [-0.2, 0) is 16.0 Å². The topological polar surface area (TPSA) is 77.1 Å². The van der Waals surface area contributed by atoms with Crippen molar-refractivity contribution in [1.82, 2.24) is 0 Å². The van der Waals surface area contributed by atoms with Crippen molar-refractivity contribution in [2.24, 2.45) is 0 Å². The number of methoxy groups -OCH3 is 1. The third-order valence-corrected chi connectivity index (χ3v) is 4.67. The Morgan fingerprint density at radius 1 is 1.15 bits per heavy atom. The van der Waals surface area contributed by atoms with Crippen LogP contribution >= 0.6 is 0 Å². The first-order valence-corrected chi connectivity index (χ1v) is 8.79. The van der Waals surface area contributed by atoms with Crippen LogP contribution in [0.5, 0.6) is 11.5 Å². The lowest BCUT2D eigenvalue weighted by Gasteiger charge is -2.29. The van der Waals surface area contributed by atoms with Crippen LogP contribution in [0.2, 0.25) is 0 Å². The van der Waals surface area contributed by atoms with E-state index in [0.29, 0.717) is 29.3 Å². The number of hydrogen-bond acceptors (Lipinski definition) is 5. The predicted octanol–water partition coefficient (Wildman–Crippen LogP) is 2.59. The molecule has 0 fully saturated rings. The van der Waals surface area contributed by atoms with Gasteiger partial charge in [-0.1, -0.05) is 6.07 Å². The molecule has 0 atom stereocenters. The van der Waals surface area contributed by atoms with Gasteiger partial charge in [-0.15, -0.1) is 0 Å². The Balaban J connectivity index is 1.55. The van der Waals surface area contributed by atoms with Crippen molar-refractivity contribution in [2.45, 2.75) is 12.8 Å². The molecule has 1 N–H and O–H groups in total. The van der Waals surface area contributed by atoms with Crippen molar-refractivity contribution in [2.75, 3.05) is 37.3 Å². The highest BCUT2D eigenvalue weighted by molar-refractivity contribution is 6.05. The van der Waals surface area contributed by atoms with E-state index in [1.165, 1.54) is 7.11 Å². The van der Waals surface area contributed by atoms with E-state index in [-0.39, 0.29) is 25.2 Å². The summed E-state index contributed by atoms with van der Waals surface area (Å²) < 4.78 is 15.6. The molecule has 0 spiro atoms. The zero-order chi connectivity index (χ0) is 18.8. The smallest absolute Gasteiger partial charge is 0.255 e. The van der Waals surface area contributed by atoms with Crippen LogP contribution in [0.3, 0.4) is 0 Å². The van der Waals surface area contributed by atoms with Crippen LogP contribution in [0.1, 0.15) is 22.3 Å². The Labute approximate surface area is 156 Å². The Morgan fingerprint density at radius 2 is 2.00 bits per heavy atom. The Morgan fingerprint density at radius 3 is 2.85 bits per heavy atom. The second kappa shape index (κ2) is 7.28. The maximum absolute atomic E-state index is 12.6. The molecule has 0 radical (unpaired) electrons. The standard InChI is InChI=1S/C20H20N2O5/c1-25-11-19(23)22-8-2-3-13-4-6-15(10-16(13)22)21-20(24)14-5-7-17-18(9-14)27-12-26-17/h4-7,9-10H,2-3,8,11-12H2,1H3,(H,21,24). The van der Waals surface area contributed by atoms with E-state index >= 15 is 0 Å². The van der Waals surface area contributed by atoms with Crippen LogP contribution < -0.4 is 19.7 Å². The highest BCUT2D eigenvalue weighted by atomic mass is 16.7. The highest BCUT2D eigenvalue weighted by Crippen LogP contribution is 2.33. The molecule has 0 saturated carbocycles. The maximum atomic E-state index is 12.6. The van der Waals surface area contributed by atoms with Gasteiger partial charge in [0.15, 0.2) is 11.5 Å². The molecule has 0 unspecified atom stereocenters. The van der Waals surface area contributed by atoms with Crippen LogP contribution in [0, 0.1) is 0 Å². The van der Waals surface area contributed by atoms with Gasteiger partial charge in [-0.05, 0) is 48.7 Å². The first kappa shape index (κ1) is 17.4. The molecular formula is C20H20N2O5. The number of aryl methyl sites for hydroxylation is 1. The van der Waals surface area contributed by atoms with E-state index in [2.05, 4.69) is 5.32 Å². The van der Waals surface area contributed by atoms with Crippen LogP contribution in [0.15, 0.2) is 36.4 Å². The fourth-order valence-electron chi connectivity index (χ4n) is 3.35. The van der Waals surface area contributed by atoms with E-state index in [0.717, 1.165) is 24.1 Å². The summed E-state index contributed by atoms with van der Waals surface area (Å²) in [5.74, 6) is 0.855. The summed E-state index contributed by atoms with van der Waals surface area (Å²) in [5.41, 5.74) is 3.02. The maximum Gasteiger partial charge on any atom is 0.255 e. The predicted molar refractivity (Wildman–Crippen MR) is 99.5 cm³/mol. The Hall–Kier alpha value is -3.06. The molecule has 0 aromatic heterocycles. The minimum Gasteiger partial charge on any atom is -0.454 e. The minimum atomic E-state index is -0.251. The number of amides is 2. The van der Waals surface area contributed by atoms with Crippen molar-refractivity contribution < 1.29 is 23.8 Å². The van der Waals surface area contributed by atoms with Crippen molar-refractivity contribution >= 4 is 23.2 Å². The molecule has 4 rings (SSSR count). The molecule has 2 aromatic carbocycles. The number of nitrogens with zero attached hydrogens (tertiary/aromatic N) is 1. The normalized spacial score (nSPS) is 14.6. The number of carbonyl (C=O) groups is 2. The van der Waals surface area contributed by atoms with Crippen molar-refractivity contribution in [1.29, 1.82) is 0 Å². The largest absolute Gasteiger partial charge is 0.454 e. The molecular weight excluding hydrogens is 348 g/mol. The van der Waals surface area contributed by atoms with E-state index in [4.69, 9.17) is 14.2 Å². The number of ether oxygens (including phenoxy) is 3. The molecule has 140 valence electrons. The Kier molecular flexibility index (Phi) is 4.68. The summed E-state index contributed by atoms with van der Waals surface area (Å²) in [6.07, 6.45) is 1.81. The Bertz CT molecular complexity index is 896. The van der Waals surface area contributed by atoms with Gasteiger partial charge < -0.3 is 24.4 Å². The third-order valence-electron chi connectivity index (χ3n) is 4.67. The number of rotatable bonds is 4. The first-order chi connectivity index (χ1) is 13.2. The number of hydrogen-bond donors (Lipinski definition) is 1. The van der Waals surface area contributed by atoms with Crippen molar-refractivity contribution in [3.05, 3.63) is 47.5 Å². The second-order valence-corrected chi connectivity index (χ2v) is 6.45. The average molecular weight is 368 g/mol. The lowest BCUT2D eigenvalue weighted by atomic mass is 10.0. The van der Waals surface area contributed by atoms with Gasteiger partial charge >= 0.3 is 0 Å². The van der Waals surface area contributed by atoms with E-state index < -0.39 is 0 Å². The molecule has 7 heteroatoms. The molecule has 2 amide bonds. The summed E-state index contributed by atoms with van der Waals surface area (Å²) >= 11 is 0. The summed E-state index contributed by atoms with van der Waals surface area (Å²) in [7, 11) is 1.50. The molecule has 27 heavy (non-hydrogen) atoms. The molecule has 2 aromatic rings. The summed E-state index contributed by atoms with van der Waals surface area (Å²) in [4.78, 5) is 26.6. The molecule has 0 saturated heterocycles. The minimum absolute atomic E-state index is 0.0349. The van der Waals surface area contributed by atoms with Gasteiger partial charge in [0.2, 0.25) is 6.79 Å². The number of fused-ring (bicyclic) bond motifs is 2. The number of nitrogens with one attached hydrogen (secondary N) is 1. The molecule has 2 heterocycles. The van der Waals surface area contributed by atoms with Crippen LogP contribution in [-0.4, -0.2) is 38.9 Å². The molecule has 2 aliphatic heterocycles. The van der Waals surface area contributed by atoms with Gasteiger partial charge in [-0.25, -0.2) is 0 Å². The van der Waals surface area contributed by atoms with Crippen molar-refractivity contribution in [3.8, 4) is 11.5 Å². The van der Waals surface area contributed by atoms with Gasteiger partial charge in [0.05, 0.1) is 0 Å². The quantitative estimate of drug-likeness (QED) is 0.898. The summed E-state index contributed by atoms with van der Waals surface area (Å²) in [6, 6.07) is 10.7.